The zero-order chi connectivity index (χ0) is 19.1. The number of nitrogens with one attached hydrogen (secondary N) is 1. The first kappa shape index (κ1) is 19.2. The maximum Gasteiger partial charge on any atom is 0.326 e. The molecule has 6 nitrogen and oxygen atoms in total. The smallest absolute Gasteiger partial charge is 0.326 e. The molecule has 0 spiro atoms. The van der Waals surface area contributed by atoms with Gasteiger partial charge in [-0.15, -0.1) is 0 Å². The van der Waals surface area contributed by atoms with Crippen molar-refractivity contribution < 1.29 is 28.2 Å². The summed E-state index contributed by atoms with van der Waals surface area (Å²) in [6, 6.07) is 10.3. The number of halogens is 1. The monoisotopic (exact) mass is 361 g/mol. The molecule has 0 fully saturated rings. The fourth-order valence-electron chi connectivity index (χ4n) is 2.23. The number of esters is 1. The zero-order valence-corrected chi connectivity index (χ0v) is 14.7. The molecule has 26 heavy (non-hydrogen) atoms. The summed E-state index contributed by atoms with van der Waals surface area (Å²) in [5, 5.41) is 2.48. The van der Waals surface area contributed by atoms with Crippen molar-refractivity contribution in [2.45, 2.75) is 13.0 Å². The standard InChI is InChI=1S/C19H20FNO5/c1-12(13-4-6-15(20)7-5-13)26-18(22)11-21-19(23)14-8-16(24-2)10-17(9-14)25-3/h4-10,12H,11H2,1-3H3,(H,21,23)/t12-/m0/s1. The van der Waals surface area contributed by atoms with Gasteiger partial charge >= 0.3 is 5.97 Å². The first-order valence-corrected chi connectivity index (χ1v) is 7.89. The van der Waals surface area contributed by atoms with Gasteiger partial charge in [0.15, 0.2) is 0 Å². The van der Waals surface area contributed by atoms with Crippen molar-refractivity contribution in [1.82, 2.24) is 5.32 Å². The SMILES string of the molecule is COc1cc(OC)cc(C(=O)NCC(=O)O[C@@H](C)c2ccc(F)cc2)c1. The summed E-state index contributed by atoms with van der Waals surface area (Å²) < 4.78 is 28.4. The second-order valence-corrected chi connectivity index (χ2v) is 5.47. The minimum absolute atomic E-state index is 0.292. The molecule has 0 aliphatic rings. The second-order valence-electron chi connectivity index (χ2n) is 5.47. The predicted octanol–water partition coefficient (Wildman–Crippen LogP) is 2.88. The molecule has 0 saturated heterocycles. The van der Waals surface area contributed by atoms with E-state index in [-0.39, 0.29) is 12.4 Å². The zero-order valence-electron chi connectivity index (χ0n) is 14.7. The summed E-state index contributed by atoms with van der Waals surface area (Å²) >= 11 is 0. The molecule has 138 valence electrons. The van der Waals surface area contributed by atoms with Crippen LogP contribution in [-0.4, -0.2) is 32.6 Å². The van der Waals surface area contributed by atoms with E-state index in [1.165, 1.54) is 50.6 Å². The highest BCUT2D eigenvalue weighted by Crippen LogP contribution is 2.22. The summed E-state index contributed by atoms with van der Waals surface area (Å²) in [7, 11) is 2.95. The summed E-state index contributed by atoms with van der Waals surface area (Å²) in [4.78, 5) is 24.1. The number of benzene rings is 2. The van der Waals surface area contributed by atoms with Gasteiger partial charge in [-0.25, -0.2) is 4.39 Å². The molecule has 0 aliphatic heterocycles. The Labute approximate surface area is 150 Å². The van der Waals surface area contributed by atoms with Gasteiger partial charge in [0, 0.05) is 11.6 Å². The van der Waals surface area contributed by atoms with Crippen LogP contribution in [0.2, 0.25) is 0 Å². The molecule has 0 unspecified atom stereocenters. The number of hydrogen-bond acceptors (Lipinski definition) is 5. The Balaban J connectivity index is 1.92. The van der Waals surface area contributed by atoms with E-state index in [9.17, 15) is 14.0 Å². The molecule has 0 saturated carbocycles. The normalized spacial score (nSPS) is 11.4. The highest BCUT2D eigenvalue weighted by molar-refractivity contribution is 5.96. The third-order valence-corrected chi connectivity index (χ3v) is 3.65. The van der Waals surface area contributed by atoms with Gasteiger partial charge in [0.05, 0.1) is 14.2 Å². The summed E-state index contributed by atoms with van der Waals surface area (Å²) in [6.07, 6.45) is -0.558. The van der Waals surface area contributed by atoms with Gasteiger partial charge in [0.1, 0.15) is 30.0 Å². The third kappa shape index (κ3) is 5.20. The molecule has 2 aromatic rings. The molecule has 0 radical (unpaired) electrons. The first-order valence-electron chi connectivity index (χ1n) is 7.89. The van der Waals surface area contributed by atoms with Crippen molar-refractivity contribution in [3.63, 3.8) is 0 Å². The Morgan fingerprint density at radius 3 is 2.15 bits per heavy atom. The quantitative estimate of drug-likeness (QED) is 0.768. The molecule has 2 rings (SSSR count). The molecule has 1 amide bonds. The largest absolute Gasteiger partial charge is 0.497 e. The van der Waals surface area contributed by atoms with E-state index in [1.807, 2.05) is 0 Å². The summed E-state index contributed by atoms with van der Waals surface area (Å²) in [6.45, 7) is 1.36. The lowest BCUT2D eigenvalue weighted by Crippen LogP contribution is -2.31. The number of methoxy groups -OCH3 is 2. The second kappa shape index (κ2) is 8.84. The fraction of sp³-hybridized carbons (Fsp3) is 0.263. The predicted molar refractivity (Wildman–Crippen MR) is 92.8 cm³/mol. The lowest BCUT2D eigenvalue weighted by Gasteiger charge is -2.14. The Morgan fingerprint density at radius 1 is 1.04 bits per heavy atom. The van der Waals surface area contributed by atoms with Crippen LogP contribution in [0, 0.1) is 5.82 Å². The van der Waals surface area contributed by atoms with Crippen molar-refractivity contribution in [1.29, 1.82) is 0 Å². The number of ether oxygens (including phenoxy) is 3. The van der Waals surface area contributed by atoms with Gasteiger partial charge in [-0.1, -0.05) is 12.1 Å². The number of carbonyl (C=O) groups is 2. The summed E-state index contributed by atoms with van der Waals surface area (Å²) in [5.41, 5.74) is 0.948. The van der Waals surface area contributed by atoms with Gasteiger partial charge in [0.2, 0.25) is 0 Å². The molecule has 0 heterocycles. The Bertz CT molecular complexity index is 754. The van der Waals surface area contributed by atoms with Crippen LogP contribution in [0.4, 0.5) is 4.39 Å². The maximum atomic E-state index is 12.9. The van der Waals surface area contributed by atoms with Crippen LogP contribution in [0.3, 0.4) is 0 Å². The lowest BCUT2D eigenvalue weighted by atomic mass is 10.1. The van der Waals surface area contributed by atoms with Gasteiger partial charge in [0.25, 0.3) is 5.91 Å². The lowest BCUT2D eigenvalue weighted by molar-refractivity contribution is -0.147. The molecule has 7 heteroatoms. The maximum absolute atomic E-state index is 12.9. The molecule has 0 aliphatic carbocycles. The molecule has 0 aromatic heterocycles. The fourth-order valence-corrected chi connectivity index (χ4v) is 2.23. The minimum atomic E-state index is -0.606. The van der Waals surface area contributed by atoms with Crippen molar-refractivity contribution >= 4 is 11.9 Å². The van der Waals surface area contributed by atoms with E-state index in [0.29, 0.717) is 22.6 Å². The molecular formula is C19H20FNO5. The highest BCUT2D eigenvalue weighted by atomic mass is 19.1. The van der Waals surface area contributed by atoms with Crippen LogP contribution in [0.1, 0.15) is 28.9 Å². The third-order valence-electron chi connectivity index (χ3n) is 3.65. The van der Waals surface area contributed by atoms with Gasteiger partial charge in [-0.05, 0) is 36.8 Å². The van der Waals surface area contributed by atoms with Crippen molar-refractivity contribution in [3.8, 4) is 11.5 Å². The van der Waals surface area contributed by atoms with Gasteiger partial charge in [-0.3, -0.25) is 9.59 Å². The van der Waals surface area contributed by atoms with Crippen molar-refractivity contribution in [3.05, 3.63) is 59.4 Å². The average molecular weight is 361 g/mol. The molecule has 2 aromatic carbocycles. The topological polar surface area (TPSA) is 73.9 Å². The van der Waals surface area contributed by atoms with E-state index in [4.69, 9.17) is 14.2 Å². The van der Waals surface area contributed by atoms with Crippen LogP contribution in [-0.2, 0) is 9.53 Å². The first-order chi connectivity index (χ1) is 12.4. The van der Waals surface area contributed by atoms with Crippen LogP contribution in [0.5, 0.6) is 11.5 Å². The van der Waals surface area contributed by atoms with E-state index >= 15 is 0 Å². The highest BCUT2D eigenvalue weighted by Gasteiger charge is 2.15. The van der Waals surface area contributed by atoms with E-state index in [2.05, 4.69) is 5.32 Å². The van der Waals surface area contributed by atoms with Crippen molar-refractivity contribution in [2.75, 3.05) is 20.8 Å². The van der Waals surface area contributed by atoms with Gasteiger partial charge < -0.3 is 19.5 Å². The molecule has 0 bridgehead atoms. The van der Waals surface area contributed by atoms with Crippen LogP contribution in [0.25, 0.3) is 0 Å². The molecular weight excluding hydrogens is 341 g/mol. The number of rotatable bonds is 7. The van der Waals surface area contributed by atoms with E-state index < -0.39 is 18.0 Å². The Kier molecular flexibility index (Phi) is 6.54. The van der Waals surface area contributed by atoms with E-state index in [0.717, 1.165) is 0 Å². The number of carbonyl (C=O) groups excluding carboxylic acids is 2. The van der Waals surface area contributed by atoms with E-state index in [1.54, 1.807) is 13.0 Å². The van der Waals surface area contributed by atoms with Gasteiger partial charge in [-0.2, -0.15) is 0 Å². The molecule has 1 N–H and O–H groups in total. The van der Waals surface area contributed by atoms with Crippen LogP contribution in [0.15, 0.2) is 42.5 Å². The number of hydrogen-bond donors (Lipinski definition) is 1. The molecule has 1 atom stereocenters. The minimum Gasteiger partial charge on any atom is -0.497 e. The summed E-state index contributed by atoms with van der Waals surface area (Å²) in [5.74, 6) is -0.518. The Morgan fingerprint density at radius 2 is 1.62 bits per heavy atom. The van der Waals surface area contributed by atoms with Crippen LogP contribution >= 0.6 is 0 Å². The Hall–Kier alpha value is -3.09. The average Bonchev–Trinajstić information content (AvgIpc) is 2.65. The number of amides is 1. The van der Waals surface area contributed by atoms with Crippen LogP contribution < -0.4 is 14.8 Å². The van der Waals surface area contributed by atoms with Crippen molar-refractivity contribution in [2.24, 2.45) is 0 Å².